The van der Waals surface area contributed by atoms with Crippen molar-refractivity contribution in [3.63, 3.8) is 0 Å². The first-order valence-electron chi connectivity index (χ1n) is 13.0. The first-order valence-corrected chi connectivity index (χ1v) is 14.8. The van der Waals surface area contributed by atoms with Gasteiger partial charge in [-0.3, -0.25) is 14.5 Å². The topological polar surface area (TPSA) is 122 Å². The molecule has 3 aliphatic rings. The molecule has 1 aliphatic carbocycles. The fraction of sp³-hybridized carbons (Fsp3) is 0.200. The molecule has 2 aromatic carbocycles. The number of aliphatic hydroxyl groups is 1. The lowest BCUT2D eigenvalue weighted by Crippen LogP contribution is -2.31. The molecule has 9 nitrogen and oxygen atoms in total. The number of carbonyl (C=O) groups is 2. The van der Waals surface area contributed by atoms with E-state index in [1.165, 1.54) is 34.1 Å². The SMILES string of the molecule is CCOc1cc(C2C(C(=O)C3=CC4C=CC=CC4O3)=C(O)C(=O)N2c2nnc(SCc3ccccc3)s2)ccc1O. The summed E-state index contributed by atoms with van der Waals surface area (Å²) >= 11 is 2.66. The third kappa shape index (κ3) is 5.14. The average molecular weight is 588 g/mol. The number of aliphatic hydroxyl groups excluding tert-OH is 1. The van der Waals surface area contributed by atoms with E-state index in [0.29, 0.717) is 22.3 Å². The maximum absolute atomic E-state index is 13.9. The lowest BCUT2D eigenvalue weighted by molar-refractivity contribution is -0.118. The number of aromatic nitrogens is 2. The number of phenols is 1. The van der Waals surface area contributed by atoms with Crippen molar-refractivity contribution in [2.24, 2.45) is 5.92 Å². The Kier molecular flexibility index (Phi) is 7.38. The van der Waals surface area contributed by atoms with Crippen LogP contribution in [0.25, 0.3) is 0 Å². The fourth-order valence-corrected chi connectivity index (χ4v) is 6.72. The lowest BCUT2D eigenvalue weighted by Gasteiger charge is -2.25. The monoisotopic (exact) mass is 587 g/mol. The van der Waals surface area contributed by atoms with Crippen LogP contribution in [0, 0.1) is 5.92 Å². The lowest BCUT2D eigenvalue weighted by atomic mass is 9.94. The number of hydrogen-bond acceptors (Lipinski definition) is 10. The van der Waals surface area contributed by atoms with Crippen molar-refractivity contribution in [3.05, 3.63) is 107 Å². The summed E-state index contributed by atoms with van der Waals surface area (Å²) in [5, 5.41) is 30.2. The Morgan fingerprint density at radius 2 is 1.93 bits per heavy atom. The van der Waals surface area contributed by atoms with Gasteiger partial charge in [0.25, 0.3) is 5.91 Å². The molecular weight excluding hydrogens is 562 g/mol. The van der Waals surface area contributed by atoms with Gasteiger partial charge >= 0.3 is 0 Å². The second kappa shape index (κ2) is 11.3. The van der Waals surface area contributed by atoms with Crippen LogP contribution in [0.15, 0.2) is 100 Å². The summed E-state index contributed by atoms with van der Waals surface area (Å²) in [6, 6.07) is 13.4. The normalized spacial score (nSPS) is 21.2. The fourth-order valence-electron chi connectivity index (χ4n) is 4.89. The highest BCUT2D eigenvalue weighted by Crippen LogP contribution is 2.46. The summed E-state index contributed by atoms with van der Waals surface area (Å²) in [7, 11) is 0. The van der Waals surface area contributed by atoms with Crippen molar-refractivity contribution >= 4 is 39.9 Å². The van der Waals surface area contributed by atoms with Gasteiger partial charge in [0.2, 0.25) is 10.9 Å². The molecule has 0 saturated carbocycles. The average Bonchev–Trinajstić information content (AvgIpc) is 3.70. The zero-order chi connectivity index (χ0) is 28.5. The van der Waals surface area contributed by atoms with Gasteiger partial charge < -0.3 is 19.7 Å². The van der Waals surface area contributed by atoms with Gasteiger partial charge in [-0.1, -0.05) is 77.7 Å². The highest BCUT2D eigenvalue weighted by Gasteiger charge is 2.48. The molecular formula is C30H25N3O6S2. The maximum Gasteiger partial charge on any atom is 0.296 e. The number of ether oxygens (including phenoxy) is 2. The third-order valence-corrected chi connectivity index (χ3v) is 8.94. The van der Waals surface area contributed by atoms with E-state index in [0.717, 1.165) is 5.56 Å². The number of ketones is 1. The minimum absolute atomic E-state index is 0.0533. The van der Waals surface area contributed by atoms with Crippen LogP contribution in [0.4, 0.5) is 5.13 Å². The third-order valence-electron chi connectivity index (χ3n) is 6.81. The molecule has 3 aromatic rings. The number of allylic oxidation sites excluding steroid dienone is 3. The summed E-state index contributed by atoms with van der Waals surface area (Å²) in [6.07, 6.45) is 8.86. The number of phenolic OH excluding ortho intramolecular Hbond substituents is 1. The van der Waals surface area contributed by atoms with Gasteiger partial charge in [0, 0.05) is 11.7 Å². The summed E-state index contributed by atoms with van der Waals surface area (Å²) in [5.74, 6) is -1.39. The van der Waals surface area contributed by atoms with E-state index in [9.17, 15) is 19.8 Å². The molecule has 2 aliphatic heterocycles. The molecule has 208 valence electrons. The Balaban J connectivity index is 1.37. The number of aromatic hydroxyl groups is 1. The molecule has 0 bridgehead atoms. The Labute approximate surface area is 244 Å². The summed E-state index contributed by atoms with van der Waals surface area (Å²) in [5.41, 5.74) is 1.41. The molecule has 3 heterocycles. The van der Waals surface area contributed by atoms with Gasteiger partial charge in [-0.2, -0.15) is 0 Å². The number of Topliss-reactive ketones (excluding diaryl/α,β-unsaturated/α-hetero) is 1. The number of hydrogen-bond donors (Lipinski definition) is 2. The second-order valence-electron chi connectivity index (χ2n) is 9.41. The van der Waals surface area contributed by atoms with Gasteiger partial charge in [-0.25, -0.2) is 0 Å². The Morgan fingerprint density at radius 1 is 1.12 bits per heavy atom. The molecule has 0 saturated heterocycles. The summed E-state index contributed by atoms with van der Waals surface area (Å²) in [6.45, 7) is 2.07. The zero-order valence-corrected chi connectivity index (χ0v) is 23.5. The van der Waals surface area contributed by atoms with Crippen molar-refractivity contribution in [2.75, 3.05) is 11.5 Å². The second-order valence-corrected chi connectivity index (χ2v) is 11.6. The van der Waals surface area contributed by atoms with E-state index in [1.54, 1.807) is 25.1 Å². The number of amides is 1. The van der Waals surface area contributed by atoms with E-state index in [2.05, 4.69) is 10.2 Å². The molecule has 0 radical (unpaired) electrons. The van der Waals surface area contributed by atoms with Crippen molar-refractivity contribution in [3.8, 4) is 11.5 Å². The highest BCUT2D eigenvalue weighted by atomic mass is 32.2. The van der Waals surface area contributed by atoms with Gasteiger partial charge in [-0.15, -0.1) is 10.2 Å². The van der Waals surface area contributed by atoms with Crippen LogP contribution in [0.3, 0.4) is 0 Å². The van der Waals surface area contributed by atoms with Crippen LogP contribution < -0.4 is 9.64 Å². The highest BCUT2D eigenvalue weighted by molar-refractivity contribution is 8.00. The molecule has 1 amide bonds. The summed E-state index contributed by atoms with van der Waals surface area (Å²) < 4.78 is 12.1. The van der Waals surface area contributed by atoms with E-state index in [4.69, 9.17) is 9.47 Å². The van der Waals surface area contributed by atoms with E-state index < -0.39 is 23.5 Å². The molecule has 0 spiro atoms. The first-order chi connectivity index (χ1) is 19.9. The van der Waals surface area contributed by atoms with Crippen LogP contribution in [-0.4, -0.2) is 44.8 Å². The van der Waals surface area contributed by atoms with E-state index in [1.807, 2.05) is 54.6 Å². The smallest absolute Gasteiger partial charge is 0.296 e. The summed E-state index contributed by atoms with van der Waals surface area (Å²) in [4.78, 5) is 28.7. The zero-order valence-electron chi connectivity index (χ0n) is 21.8. The van der Waals surface area contributed by atoms with Crippen molar-refractivity contribution in [2.45, 2.75) is 29.2 Å². The molecule has 6 rings (SSSR count). The number of anilines is 1. The van der Waals surface area contributed by atoms with E-state index >= 15 is 0 Å². The molecule has 0 fully saturated rings. The number of thioether (sulfide) groups is 1. The molecule has 2 N–H and O–H groups in total. The largest absolute Gasteiger partial charge is 0.504 e. The predicted octanol–water partition coefficient (Wildman–Crippen LogP) is 5.43. The molecule has 41 heavy (non-hydrogen) atoms. The molecule has 3 atom stereocenters. The molecule has 3 unspecified atom stereocenters. The minimum atomic E-state index is -1.06. The Hall–Kier alpha value is -4.35. The van der Waals surface area contributed by atoms with Crippen LogP contribution in [0.5, 0.6) is 11.5 Å². The Bertz CT molecular complexity index is 1630. The Morgan fingerprint density at radius 3 is 2.71 bits per heavy atom. The van der Waals surface area contributed by atoms with Crippen LogP contribution >= 0.6 is 23.1 Å². The van der Waals surface area contributed by atoms with Gasteiger partial charge in [-0.05, 0) is 42.3 Å². The van der Waals surface area contributed by atoms with E-state index in [-0.39, 0.29) is 40.0 Å². The quantitative estimate of drug-likeness (QED) is 0.249. The number of fused-ring (bicyclic) bond motifs is 1. The minimum Gasteiger partial charge on any atom is -0.504 e. The number of nitrogens with zero attached hydrogens (tertiary/aromatic N) is 3. The van der Waals surface area contributed by atoms with Crippen LogP contribution in [-0.2, 0) is 20.1 Å². The van der Waals surface area contributed by atoms with Crippen LogP contribution in [0.1, 0.15) is 24.1 Å². The predicted molar refractivity (Wildman–Crippen MR) is 155 cm³/mol. The van der Waals surface area contributed by atoms with Gasteiger partial charge in [0.1, 0.15) is 6.10 Å². The van der Waals surface area contributed by atoms with Crippen molar-refractivity contribution in [1.82, 2.24) is 10.2 Å². The maximum atomic E-state index is 13.9. The van der Waals surface area contributed by atoms with Gasteiger partial charge in [0.05, 0.1) is 18.2 Å². The number of benzene rings is 2. The standard InChI is InChI=1S/C30H25N3O6S2/c1-2-38-22-15-19(12-13-20(22)34)25-24(26(35)23-14-18-10-6-7-11-21(18)39-23)27(36)28(37)33(25)29-31-32-30(41-29)40-16-17-8-4-3-5-9-17/h3-15,18,21,25,34,36H,2,16H2,1H3. The number of rotatable bonds is 9. The number of carbonyl (C=O) groups excluding carboxylic acids is 2. The van der Waals surface area contributed by atoms with Crippen LogP contribution in [0.2, 0.25) is 0 Å². The first kappa shape index (κ1) is 26.9. The van der Waals surface area contributed by atoms with Crippen molar-refractivity contribution < 1.29 is 29.3 Å². The molecule has 1 aromatic heterocycles. The van der Waals surface area contributed by atoms with Crippen molar-refractivity contribution in [1.29, 1.82) is 0 Å². The molecule has 11 heteroatoms. The van der Waals surface area contributed by atoms with Gasteiger partial charge in [0.15, 0.2) is 27.4 Å².